The van der Waals surface area contributed by atoms with Gasteiger partial charge in [0.15, 0.2) is 17.6 Å². The zero-order valence-electron chi connectivity index (χ0n) is 16.0. The number of anilines is 1. The van der Waals surface area contributed by atoms with Crippen LogP contribution in [-0.4, -0.2) is 45.3 Å². The normalized spacial score (nSPS) is 11.1. The molecule has 0 saturated heterocycles. The van der Waals surface area contributed by atoms with Crippen molar-refractivity contribution in [2.24, 2.45) is 0 Å². The smallest absolute Gasteiger partial charge is 0.338 e. The van der Waals surface area contributed by atoms with E-state index in [1.54, 1.807) is 18.2 Å². The lowest BCUT2D eigenvalue weighted by atomic mass is 10.1. The van der Waals surface area contributed by atoms with Crippen LogP contribution in [0.2, 0.25) is 0 Å². The maximum absolute atomic E-state index is 12.3. The second-order valence-corrected chi connectivity index (χ2v) is 5.68. The molecule has 0 heterocycles. The van der Waals surface area contributed by atoms with Crippen LogP contribution < -0.4 is 14.8 Å². The summed E-state index contributed by atoms with van der Waals surface area (Å²) >= 11 is 0. The van der Waals surface area contributed by atoms with E-state index < -0.39 is 23.9 Å². The van der Waals surface area contributed by atoms with Gasteiger partial charge in [0.2, 0.25) is 0 Å². The third kappa shape index (κ3) is 5.00. The van der Waals surface area contributed by atoms with Crippen LogP contribution in [0.25, 0.3) is 0 Å². The molecule has 0 aliphatic heterocycles. The number of esters is 2. The summed E-state index contributed by atoms with van der Waals surface area (Å²) in [7, 11) is 4.26. The minimum absolute atomic E-state index is 0.207. The number of hydrogen-bond acceptors (Lipinski definition) is 7. The summed E-state index contributed by atoms with van der Waals surface area (Å²) < 4.78 is 20.1. The highest BCUT2D eigenvalue weighted by atomic mass is 16.5. The summed E-state index contributed by atoms with van der Waals surface area (Å²) in [5.41, 5.74) is 0.977. The molecule has 1 N–H and O–H groups in total. The van der Waals surface area contributed by atoms with Crippen molar-refractivity contribution in [2.75, 3.05) is 26.6 Å². The van der Waals surface area contributed by atoms with Crippen LogP contribution in [-0.2, 0) is 14.3 Å². The second-order valence-electron chi connectivity index (χ2n) is 5.68. The van der Waals surface area contributed by atoms with Crippen molar-refractivity contribution in [3.63, 3.8) is 0 Å². The largest absolute Gasteiger partial charge is 0.493 e. The third-order valence-electron chi connectivity index (χ3n) is 3.85. The Bertz CT molecular complexity index is 861. The number of nitrogens with one attached hydrogen (secondary N) is 1. The van der Waals surface area contributed by atoms with Gasteiger partial charge in [-0.2, -0.15) is 0 Å². The molecule has 0 aliphatic rings. The first-order valence-electron chi connectivity index (χ1n) is 8.31. The van der Waals surface area contributed by atoms with Gasteiger partial charge in [-0.25, -0.2) is 9.59 Å². The molecular formula is C20H21NO7. The van der Waals surface area contributed by atoms with Gasteiger partial charge in [-0.1, -0.05) is 0 Å². The second kappa shape index (κ2) is 9.40. The number of rotatable bonds is 7. The molecule has 8 nitrogen and oxygen atoms in total. The van der Waals surface area contributed by atoms with Gasteiger partial charge >= 0.3 is 11.9 Å². The average Bonchev–Trinajstić information content (AvgIpc) is 2.72. The maximum Gasteiger partial charge on any atom is 0.338 e. The van der Waals surface area contributed by atoms with Gasteiger partial charge in [0.05, 0.1) is 32.5 Å². The number of carbonyl (C=O) groups excluding carboxylic acids is 3. The molecule has 148 valence electrons. The van der Waals surface area contributed by atoms with E-state index in [1.807, 2.05) is 0 Å². The van der Waals surface area contributed by atoms with Gasteiger partial charge in [0.1, 0.15) is 0 Å². The van der Waals surface area contributed by atoms with Crippen LogP contribution in [0.4, 0.5) is 5.69 Å². The number of amides is 1. The molecule has 1 unspecified atom stereocenters. The van der Waals surface area contributed by atoms with Crippen molar-refractivity contribution < 1.29 is 33.3 Å². The maximum atomic E-state index is 12.3. The zero-order valence-corrected chi connectivity index (χ0v) is 16.0. The summed E-state index contributed by atoms with van der Waals surface area (Å²) in [4.78, 5) is 35.9. The van der Waals surface area contributed by atoms with Crippen molar-refractivity contribution in [2.45, 2.75) is 13.0 Å². The molecule has 2 aromatic carbocycles. The Hall–Kier alpha value is -3.55. The lowest BCUT2D eigenvalue weighted by molar-refractivity contribution is -0.123. The van der Waals surface area contributed by atoms with Crippen LogP contribution in [0, 0.1) is 0 Å². The van der Waals surface area contributed by atoms with Crippen molar-refractivity contribution in [3.8, 4) is 11.5 Å². The fraction of sp³-hybridized carbons (Fsp3) is 0.250. The Morgan fingerprint density at radius 1 is 0.821 bits per heavy atom. The van der Waals surface area contributed by atoms with E-state index in [9.17, 15) is 14.4 Å². The van der Waals surface area contributed by atoms with E-state index in [1.165, 1.54) is 52.5 Å². The summed E-state index contributed by atoms with van der Waals surface area (Å²) in [5, 5.41) is 2.64. The topological polar surface area (TPSA) is 100 Å². The summed E-state index contributed by atoms with van der Waals surface area (Å²) in [6.45, 7) is 1.46. The molecule has 0 fully saturated rings. The zero-order chi connectivity index (χ0) is 20.7. The molecule has 2 rings (SSSR count). The molecule has 0 saturated carbocycles. The van der Waals surface area contributed by atoms with Crippen LogP contribution in [0.15, 0.2) is 42.5 Å². The van der Waals surface area contributed by atoms with Gasteiger partial charge in [0, 0.05) is 11.8 Å². The Balaban J connectivity index is 2.00. The molecule has 0 aliphatic carbocycles. The van der Waals surface area contributed by atoms with E-state index >= 15 is 0 Å². The minimum Gasteiger partial charge on any atom is -0.493 e. The molecule has 0 spiro atoms. The highest BCUT2D eigenvalue weighted by Crippen LogP contribution is 2.29. The first-order valence-corrected chi connectivity index (χ1v) is 8.31. The van der Waals surface area contributed by atoms with Gasteiger partial charge in [-0.15, -0.1) is 0 Å². The number of hydrogen-bond donors (Lipinski definition) is 1. The first-order chi connectivity index (χ1) is 13.4. The quantitative estimate of drug-likeness (QED) is 0.729. The van der Waals surface area contributed by atoms with E-state index in [-0.39, 0.29) is 5.56 Å². The van der Waals surface area contributed by atoms with Crippen LogP contribution in [0.1, 0.15) is 27.6 Å². The highest BCUT2D eigenvalue weighted by molar-refractivity contribution is 5.98. The monoisotopic (exact) mass is 387 g/mol. The van der Waals surface area contributed by atoms with Crippen LogP contribution in [0.5, 0.6) is 11.5 Å². The Morgan fingerprint density at radius 3 is 1.93 bits per heavy atom. The SMILES string of the molecule is COC(=O)c1ccc(C(=O)OC(C)C(=O)Nc2ccc(OC)c(OC)c2)cc1. The number of benzene rings is 2. The van der Waals surface area contributed by atoms with Gasteiger partial charge in [-0.05, 0) is 43.3 Å². The predicted molar refractivity (Wildman–Crippen MR) is 101 cm³/mol. The molecule has 8 heteroatoms. The van der Waals surface area contributed by atoms with Crippen molar-refractivity contribution in [1.82, 2.24) is 0 Å². The van der Waals surface area contributed by atoms with Crippen LogP contribution in [0.3, 0.4) is 0 Å². The molecule has 2 aromatic rings. The van der Waals surface area contributed by atoms with E-state index in [2.05, 4.69) is 10.1 Å². The summed E-state index contributed by atoms with van der Waals surface area (Å²) in [6.07, 6.45) is -1.04. The molecule has 0 bridgehead atoms. The van der Waals surface area contributed by atoms with E-state index in [0.29, 0.717) is 22.7 Å². The summed E-state index contributed by atoms with van der Waals surface area (Å²) in [5.74, 6) is -0.730. The Kier molecular flexibility index (Phi) is 6.97. The number of carbonyl (C=O) groups is 3. The Morgan fingerprint density at radius 2 is 1.39 bits per heavy atom. The van der Waals surface area contributed by atoms with Gasteiger partial charge in [-0.3, -0.25) is 4.79 Å². The number of methoxy groups -OCH3 is 3. The lowest BCUT2D eigenvalue weighted by Gasteiger charge is -2.15. The van der Waals surface area contributed by atoms with Gasteiger partial charge in [0.25, 0.3) is 5.91 Å². The van der Waals surface area contributed by atoms with Gasteiger partial charge < -0.3 is 24.3 Å². The third-order valence-corrected chi connectivity index (χ3v) is 3.85. The summed E-state index contributed by atoms with van der Waals surface area (Å²) in [6, 6.07) is 10.6. The van der Waals surface area contributed by atoms with E-state index in [0.717, 1.165) is 0 Å². The molecule has 1 amide bonds. The van der Waals surface area contributed by atoms with E-state index in [4.69, 9.17) is 14.2 Å². The average molecular weight is 387 g/mol. The molecule has 0 aromatic heterocycles. The highest BCUT2D eigenvalue weighted by Gasteiger charge is 2.20. The predicted octanol–water partition coefficient (Wildman–Crippen LogP) is 2.67. The fourth-order valence-corrected chi connectivity index (χ4v) is 2.30. The Labute approximate surface area is 162 Å². The van der Waals surface area contributed by atoms with Crippen molar-refractivity contribution in [1.29, 1.82) is 0 Å². The van der Waals surface area contributed by atoms with Crippen molar-refractivity contribution in [3.05, 3.63) is 53.6 Å². The first kappa shape index (κ1) is 20.8. The fourth-order valence-electron chi connectivity index (χ4n) is 2.30. The molecule has 1 atom stereocenters. The molecular weight excluding hydrogens is 366 g/mol. The van der Waals surface area contributed by atoms with Crippen LogP contribution >= 0.6 is 0 Å². The minimum atomic E-state index is -1.04. The lowest BCUT2D eigenvalue weighted by Crippen LogP contribution is -2.30. The van der Waals surface area contributed by atoms with Crippen molar-refractivity contribution >= 4 is 23.5 Å². The standard InChI is InChI=1S/C20H21NO7/c1-12(18(22)21-15-9-10-16(25-2)17(11-15)26-3)28-20(24)14-7-5-13(6-8-14)19(23)27-4/h5-12H,1-4H3,(H,21,22). The molecule has 0 radical (unpaired) electrons. The number of ether oxygens (including phenoxy) is 4. The molecule has 28 heavy (non-hydrogen) atoms.